The molecule has 1 unspecified atom stereocenters. The van der Waals surface area contributed by atoms with Gasteiger partial charge in [-0.05, 0) is 37.4 Å². The van der Waals surface area contributed by atoms with Crippen molar-refractivity contribution < 1.29 is 0 Å². The molecule has 1 heterocycles. The molecule has 102 valence electrons. The maximum absolute atomic E-state index is 6.17. The van der Waals surface area contributed by atoms with Gasteiger partial charge < -0.3 is 5.32 Å². The van der Waals surface area contributed by atoms with E-state index in [9.17, 15) is 0 Å². The monoisotopic (exact) mass is 268 g/mol. The standard InChI is InChI=1S/C15H25ClN2/c1-3-5-6-7-14(18-9-4-2)11-13-8-10-17-12-15(13)16/h8,10,12,14,18H,3-7,9,11H2,1-2H3. The van der Waals surface area contributed by atoms with Gasteiger partial charge in [0.25, 0.3) is 0 Å². The van der Waals surface area contributed by atoms with Crippen LogP contribution in [-0.4, -0.2) is 17.6 Å². The number of halogens is 1. The molecule has 1 N–H and O–H groups in total. The van der Waals surface area contributed by atoms with E-state index in [2.05, 4.69) is 24.1 Å². The van der Waals surface area contributed by atoms with Gasteiger partial charge in [0.15, 0.2) is 0 Å². The third-order valence-corrected chi connectivity index (χ3v) is 3.50. The summed E-state index contributed by atoms with van der Waals surface area (Å²) in [5.41, 5.74) is 1.21. The third-order valence-electron chi connectivity index (χ3n) is 3.16. The Kier molecular flexibility index (Phi) is 8.03. The summed E-state index contributed by atoms with van der Waals surface area (Å²) in [4.78, 5) is 4.04. The summed E-state index contributed by atoms with van der Waals surface area (Å²) < 4.78 is 0. The molecule has 0 aromatic carbocycles. The fraction of sp³-hybridized carbons (Fsp3) is 0.667. The Morgan fingerprint density at radius 3 is 2.78 bits per heavy atom. The Labute approximate surface area is 116 Å². The van der Waals surface area contributed by atoms with Gasteiger partial charge in [0, 0.05) is 18.4 Å². The second kappa shape index (κ2) is 9.35. The van der Waals surface area contributed by atoms with E-state index < -0.39 is 0 Å². The van der Waals surface area contributed by atoms with Crippen LogP contribution >= 0.6 is 11.6 Å². The predicted molar refractivity (Wildman–Crippen MR) is 79.2 cm³/mol. The second-order valence-corrected chi connectivity index (χ2v) is 5.23. The molecule has 0 aliphatic carbocycles. The highest BCUT2D eigenvalue weighted by Gasteiger charge is 2.10. The van der Waals surface area contributed by atoms with Crippen molar-refractivity contribution in [3.8, 4) is 0 Å². The van der Waals surface area contributed by atoms with Crippen molar-refractivity contribution >= 4 is 11.6 Å². The molecule has 0 saturated carbocycles. The van der Waals surface area contributed by atoms with Crippen LogP contribution in [0.1, 0.15) is 51.5 Å². The summed E-state index contributed by atoms with van der Waals surface area (Å²) in [7, 11) is 0. The Balaban J connectivity index is 2.51. The van der Waals surface area contributed by atoms with Crippen molar-refractivity contribution in [2.45, 2.75) is 58.4 Å². The molecule has 18 heavy (non-hydrogen) atoms. The van der Waals surface area contributed by atoms with E-state index in [4.69, 9.17) is 11.6 Å². The van der Waals surface area contributed by atoms with Crippen LogP contribution in [0.5, 0.6) is 0 Å². The van der Waals surface area contributed by atoms with Crippen molar-refractivity contribution in [2.24, 2.45) is 0 Å². The largest absolute Gasteiger partial charge is 0.314 e. The zero-order valence-corrected chi connectivity index (χ0v) is 12.3. The summed E-state index contributed by atoms with van der Waals surface area (Å²) in [6, 6.07) is 2.57. The molecule has 3 heteroatoms. The molecule has 0 aliphatic rings. The Morgan fingerprint density at radius 1 is 1.28 bits per heavy atom. The van der Waals surface area contributed by atoms with Gasteiger partial charge in [-0.15, -0.1) is 0 Å². The van der Waals surface area contributed by atoms with E-state index >= 15 is 0 Å². The van der Waals surface area contributed by atoms with Gasteiger partial charge in [-0.3, -0.25) is 4.98 Å². The van der Waals surface area contributed by atoms with Crippen molar-refractivity contribution in [3.05, 3.63) is 29.0 Å². The molecule has 0 bridgehead atoms. The summed E-state index contributed by atoms with van der Waals surface area (Å²) in [5.74, 6) is 0. The summed E-state index contributed by atoms with van der Waals surface area (Å²) in [6.45, 7) is 5.53. The molecule has 0 fully saturated rings. The summed E-state index contributed by atoms with van der Waals surface area (Å²) in [5, 5.41) is 4.41. The first-order valence-electron chi connectivity index (χ1n) is 7.09. The highest BCUT2D eigenvalue weighted by atomic mass is 35.5. The van der Waals surface area contributed by atoms with E-state index in [1.54, 1.807) is 6.20 Å². The van der Waals surface area contributed by atoms with E-state index in [1.807, 2.05) is 12.3 Å². The lowest BCUT2D eigenvalue weighted by atomic mass is 10.0. The SMILES string of the molecule is CCCCCC(Cc1ccncc1Cl)NCCC. The number of nitrogens with one attached hydrogen (secondary N) is 1. The number of hydrogen-bond acceptors (Lipinski definition) is 2. The average Bonchev–Trinajstić information content (AvgIpc) is 2.38. The topological polar surface area (TPSA) is 24.9 Å². The van der Waals surface area contributed by atoms with E-state index in [-0.39, 0.29) is 0 Å². The van der Waals surface area contributed by atoms with Gasteiger partial charge in [0.1, 0.15) is 0 Å². The minimum Gasteiger partial charge on any atom is -0.314 e. The third kappa shape index (κ3) is 5.83. The molecule has 1 aromatic rings. The molecule has 0 radical (unpaired) electrons. The van der Waals surface area contributed by atoms with Gasteiger partial charge >= 0.3 is 0 Å². The molecule has 1 atom stereocenters. The molecular weight excluding hydrogens is 244 g/mol. The number of nitrogens with zero attached hydrogens (tertiary/aromatic N) is 1. The molecule has 1 aromatic heterocycles. The van der Waals surface area contributed by atoms with Crippen molar-refractivity contribution in [1.29, 1.82) is 0 Å². The van der Waals surface area contributed by atoms with Crippen LogP contribution in [0.25, 0.3) is 0 Å². The average molecular weight is 269 g/mol. The normalized spacial score (nSPS) is 12.6. The lowest BCUT2D eigenvalue weighted by Gasteiger charge is -2.19. The van der Waals surface area contributed by atoms with Crippen LogP contribution in [0.15, 0.2) is 18.5 Å². The van der Waals surface area contributed by atoms with Gasteiger partial charge in [0.05, 0.1) is 5.02 Å². The number of unbranched alkanes of at least 4 members (excludes halogenated alkanes) is 2. The fourth-order valence-electron chi connectivity index (χ4n) is 2.10. The molecule has 0 amide bonds. The Hall–Kier alpha value is -0.600. The molecule has 0 aliphatic heterocycles. The van der Waals surface area contributed by atoms with Gasteiger partial charge in [-0.1, -0.05) is 44.7 Å². The van der Waals surface area contributed by atoms with Crippen molar-refractivity contribution in [3.63, 3.8) is 0 Å². The second-order valence-electron chi connectivity index (χ2n) is 4.82. The number of pyridine rings is 1. The molecular formula is C15H25ClN2. The molecule has 1 rings (SSSR count). The van der Waals surface area contributed by atoms with E-state index in [1.165, 1.54) is 37.7 Å². The number of hydrogen-bond donors (Lipinski definition) is 1. The first kappa shape index (κ1) is 15.5. The van der Waals surface area contributed by atoms with E-state index in [0.29, 0.717) is 6.04 Å². The molecule has 2 nitrogen and oxygen atoms in total. The van der Waals surface area contributed by atoms with E-state index in [0.717, 1.165) is 18.0 Å². The highest BCUT2D eigenvalue weighted by molar-refractivity contribution is 6.31. The number of rotatable bonds is 9. The highest BCUT2D eigenvalue weighted by Crippen LogP contribution is 2.17. The fourth-order valence-corrected chi connectivity index (χ4v) is 2.30. The van der Waals surface area contributed by atoms with Gasteiger partial charge in [-0.25, -0.2) is 0 Å². The van der Waals surface area contributed by atoms with Crippen LogP contribution in [0, 0.1) is 0 Å². The number of aromatic nitrogens is 1. The zero-order chi connectivity index (χ0) is 13.2. The van der Waals surface area contributed by atoms with Gasteiger partial charge in [0.2, 0.25) is 0 Å². The van der Waals surface area contributed by atoms with Crippen LogP contribution in [0.4, 0.5) is 0 Å². The molecule has 0 saturated heterocycles. The van der Waals surface area contributed by atoms with Gasteiger partial charge in [-0.2, -0.15) is 0 Å². The first-order valence-corrected chi connectivity index (χ1v) is 7.47. The zero-order valence-electron chi connectivity index (χ0n) is 11.6. The van der Waals surface area contributed by atoms with Crippen molar-refractivity contribution in [2.75, 3.05) is 6.54 Å². The minimum atomic E-state index is 0.538. The first-order chi connectivity index (χ1) is 8.77. The lowest BCUT2D eigenvalue weighted by Crippen LogP contribution is -2.31. The van der Waals surface area contributed by atoms with Crippen LogP contribution in [0.2, 0.25) is 5.02 Å². The maximum atomic E-state index is 6.17. The molecule has 0 spiro atoms. The summed E-state index contributed by atoms with van der Waals surface area (Å²) >= 11 is 6.17. The maximum Gasteiger partial charge on any atom is 0.0621 e. The minimum absolute atomic E-state index is 0.538. The predicted octanol–water partition coefficient (Wildman–Crippen LogP) is 4.23. The quantitative estimate of drug-likeness (QED) is 0.678. The lowest BCUT2D eigenvalue weighted by molar-refractivity contribution is 0.456. The Bertz CT molecular complexity index is 328. The Morgan fingerprint density at radius 2 is 2.11 bits per heavy atom. The van der Waals surface area contributed by atoms with Crippen LogP contribution in [-0.2, 0) is 6.42 Å². The van der Waals surface area contributed by atoms with Crippen molar-refractivity contribution in [1.82, 2.24) is 10.3 Å². The van der Waals surface area contributed by atoms with Crippen LogP contribution < -0.4 is 5.32 Å². The summed E-state index contributed by atoms with van der Waals surface area (Å²) in [6.07, 6.45) is 10.8. The smallest absolute Gasteiger partial charge is 0.0621 e. The van der Waals surface area contributed by atoms with Crippen LogP contribution in [0.3, 0.4) is 0 Å².